The van der Waals surface area contributed by atoms with Crippen LogP contribution in [0.15, 0.2) is 17.2 Å². The van der Waals surface area contributed by atoms with E-state index in [1.54, 1.807) is 6.07 Å². The monoisotopic (exact) mass is 315 g/mol. The summed E-state index contributed by atoms with van der Waals surface area (Å²) in [6, 6.07) is 1.67. The van der Waals surface area contributed by atoms with Gasteiger partial charge >= 0.3 is 0 Å². The topological polar surface area (TPSA) is 83.2 Å². The average molecular weight is 315 g/mol. The molecule has 1 aliphatic rings. The molecule has 3 N–H and O–H groups in total. The summed E-state index contributed by atoms with van der Waals surface area (Å²) < 4.78 is 32.6. The van der Waals surface area contributed by atoms with Crippen LogP contribution in [0, 0.1) is 0 Å². The lowest BCUT2D eigenvalue weighted by Gasteiger charge is -2.22. The van der Waals surface area contributed by atoms with E-state index in [-0.39, 0.29) is 6.10 Å². The molecule has 0 amide bonds. The van der Waals surface area contributed by atoms with Gasteiger partial charge in [0, 0.05) is 31.6 Å². The first-order chi connectivity index (χ1) is 10.1. The fourth-order valence-electron chi connectivity index (χ4n) is 2.41. The van der Waals surface area contributed by atoms with E-state index in [1.807, 2.05) is 6.92 Å². The van der Waals surface area contributed by atoms with E-state index in [4.69, 9.17) is 4.74 Å². The van der Waals surface area contributed by atoms with Gasteiger partial charge in [-0.1, -0.05) is 6.92 Å². The highest BCUT2D eigenvalue weighted by Crippen LogP contribution is 2.16. The Hall–Kier alpha value is -0.890. The Kier molecular flexibility index (Phi) is 6.22. The molecular weight excluding hydrogens is 290 g/mol. The van der Waals surface area contributed by atoms with Crippen molar-refractivity contribution in [3.63, 3.8) is 0 Å². The molecule has 2 rings (SSSR count). The van der Waals surface area contributed by atoms with Crippen LogP contribution in [-0.2, 0) is 21.3 Å². The zero-order chi connectivity index (χ0) is 15.1. The van der Waals surface area contributed by atoms with Crippen molar-refractivity contribution in [1.82, 2.24) is 15.0 Å². The van der Waals surface area contributed by atoms with Crippen LogP contribution in [0.5, 0.6) is 0 Å². The second kappa shape index (κ2) is 7.93. The zero-order valence-corrected chi connectivity index (χ0v) is 13.3. The summed E-state index contributed by atoms with van der Waals surface area (Å²) >= 11 is 0. The largest absolute Gasteiger partial charge is 0.378 e. The van der Waals surface area contributed by atoms with E-state index in [2.05, 4.69) is 15.0 Å². The Bertz CT molecular complexity index is 521. The van der Waals surface area contributed by atoms with Gasteiger partial charge in [-0.05, 0) is 38.3 Å². The number of aromatic amines is 1. The summed E-state index contributed by atoms with van der Waals surface area (Å²) in [4.78, 5) is 3.27. The van der Waals surface area contributed by atoms with Crippen LogP contribution in [0.25, 0.3) is 0 Å². The van der Waals surface area contributed by atoms with Crippen molar-refractivity contribution in [2.45, 2.75) is 50.2 Å². The molecule has 0 aliphatic carbocycles. The molecule has 1 aliphatic heterocycles. The quantitative estimate of drug-likeness (QED) is 0.676. The molecule has 0 aromatic carbocycles. The third-order valence-corrected chi connectivity index (χ3v) is 5.06. The van der Waals surface area contributed by atoms with Crippen molar-refractivity contribution in [1.29, 1.82) is 0 Å². The Morgan fingerprint density at radius 3 is 3.00 bits per heavy atom. The first-order valence-corrected chi connectivity index (χ1v) is 9.09. The fraction of sp³-hybridized carbons (Fsp3) is 0.714. The van der Waals surface area contributed by atoms with Crippen LogP contribution >= 0.6 is 0 Å². The first-order valence-electron chi connectivity index (χ1n) is 7.61. The van der Waals surface area contributed by atoms with Gasteiger partial charge < -0.3 is 15.0 Å². The van der Waals surface area contributed by atoms with E-state index in [1.165, 1.54) is 12.6 Å². The van der Waals surface area contributed by atoms with E-state index >= 15 is 0 Å². The smallest absolute Gasteiger partial charge is 0.242 e. The molecule has 0 bridgehead atoms. The number of H-pyrrole nitrogens is 1. The maximum atomic E-state index is 12.2. The maximum Gasteiger partial charge on any atom is 0.242 e. The van der Waals surface area contributed by atoms with Crippen LogP contribution in [0.4, 0.5) is 0 Å². The van der Waals surface area contributed by atoms with Crippen LogP contribution in [-0.4, -0.2) is 39.2 Å². The van der Waals surface area contributed by atoms with E-state index in [9.17, 15) is 8.42 Å². The molecule has 0 spiro atoms. The zero-order valence-electron chi connectivity index (χ0n) is 12.5. The van der Waals surface area contributed by atoms with Crippen molar-refractivity contribution in [2.24, 2.45) is 0 Å². The molecule has 1 aromatic heterocycles. The van der Waals surface area contributed by atoms with E-state index in [0.717, 1.165) is 38.1 Å². The van der Waals surface area contributed by atoms with Crippen molar-refractivity contribution in [3.05, 3.63) is 18.0 Å². The number of ether oxygens (including phenoxy) is 1. The van der Waals surface area contributed by atoms with Gasteiger partial charge in [-0.3, -0.25) is 0 Å². The van der Waals surface area contributed by atoms with Gasteiger partial charge in [0.15, 0.2) is 0 Å². The molecule has 120 valence electrons. The highest BCUT2D eigenvalue weighted by molar-refractivity contribution is 7.89. The minimum Gasteiger partial charge on any atom is -0.378 e. The lowest BCUT2D eigenvalue weighted by atomic mass is 10.1. The molecule has 1 aromatic rings. The van der Waals surface area contributed by atoms with Crippen molar-refractivity contribution in [2.75, 3.05) is 19.7 Å². The Labute approximate surface area is 126 Å². The number of aromatic nitrogens is 1. The first kappa shape index (κ1) is 16.5. The van der Waals surface area contributed by atoms with Crippen LogP contribution < -0.4 is 10.0 Å². The summed E-state index contributed by atoms with van der Waals surface area (Å²) in [5.74, 6) is 0. The lowest BCUT2D eigenvalue weighted by Crippen LogP contribution is -2.29. The average Bonchev–Trinajstić information content (AvgIpc) is 2.96. The standard InChI is InChI=1S/C14H25N3O3S/c1-2-15-10-12-9-14(11-16-12)21(18,19)17-7-6-13-5-3-4-8-20-13/h9,11,13,15-17H,2-8,10H2,1H3. The van der Waals surface area contributed by atoms with Gasteiger partial charge in [0.2, 0.25) is 10.0 Å². The predicted octanol–water partition coefficient (Wildman–Crippen LogP) is 1.36. The summed E-state index contributed by atoms with van der Waals surface area (Å²) in [5.41, 5.74) is 0.868. The minimum absolute atomic E-state index is 0.192. The van der Waals surface area contributed by atoms with Crippen molar-refractivity contribution in [3.8, 4) is 0 Å². The SMILES string of the molecule is CCNCc1cc(S(=O)(=O)NCCC2CCCCO2)c[nH]1. The molecule has 7 heteroatoms. The Balaban J connectivity index is 1.81. The minimum atomic E-state index is -3.43. The van der Waals surface area contributed by atoms with Crippen LogP contribution in [0.2, 0.25) is 0 Å². The molecule has 6 nitrogen and oxygen atoms in total. The van der Waals surface area contributed by atoms with Gasteiger partial charge in [0.05, 0.1) is 11.0 Å². The van der Waals surface area contributed by atoms with Gasteiger partial charge in [-0.2, -0.15) is 0 Å². The number of nitrogens with one attached hydrogen (secondary N) is 3. The van der Waals surface area contributed by atoms with E-state index < -0.39 is 10.0 Å². The van der Waals surface area contributed by atoms with Gasteiger partial charge in [-0.15, -0.1) is 0 Å². The Morgan fingerprint density at radius 2 is 2.29 bits per heavy atom. The summed E-state index contributed by atoms with van der Waals surface area (Å²) in [6.45, 7) is 4.71. The van der Waals surface area contributed by atoms with Gasteiger partial charge in [0.1, 0.15) is 0 Å². The van der Waals surface area contributed by atoms with Gasteiger partial charge in [0.25, 0.3) is 0 Å². The second-order valence-electron chi connectivity index (χ2n) is 5.32. The maximum absolute atomic E-state index is 12.2. The lowest BCUT2D eigenvalue weighted by molar-refractivity contribution is 0.0123. The number of hydrogen-bond acceptors (Lipinski definition) is 4. The third kappa shape index (κ3) is 5.10. The molecule has 1 atom stereocenters. The highest BCUT2D eigenvalue weighted by Gasteiger charge is 2.18. The van der Waals surface area contributed by atoms with Crippen LogP contribution in [0.1, 0.15) is 38.3 Å². The number of sulfonamides is 1. The normalized spacial score (nSPS) is 19.8. The third-order valence-electron chi connectivity index (χ3n) is 3.62. The summed E-state index contributed by atoms with van der Waals surface area (Å²) in [7, 11) is -3.43. The van der Waals surface area contributed by atoms with Gasteiger partial charge in [-0.25, -0.2) is 13.1 Å². The van der Waals surface area contributed by atoms with Crippen molar-refractivity contribution >= 4 is 10.0 Å². The molecule has 1 unspecified atom stereocenters. The number of rotatable bonds is 8. The molecule has 1 saturated heterocycles. The summed E-state index contributed by atoms with van der Waals surface area (Å²) in [5, 5.41) is 3.15. The summed E-state index contributed by atoms with van der Waals surface area (Å²) in [6.07, 6.45) is 5.76. The number of hydrogen-bond donors (Lipinski definition) is 3. The molecule has 1 fully saturated rings. The fourth-order valence-corrected chi connectivity index (χ4v) is 3.47. The van der Waals surface area contributed by atoms with Crippen molar-refractivity contribution < 1.29 is 13.2 Å². The molecule has 21 heavy (non-hydrogen) atoms. The molecule has 0 radical (unpaired) electrons. The second-order valence-corrected chi connectivity index (χ2v) is 7.08. The van der Waals surface area contributed by atoms with Crippen LogP contribution in [0.3, 0.4) is 0 Å². The molecule has 0 saturated carbocycles. The predicted molar refractivity (Wildman–Crippen MR) is 81.6 cm³/mol. The highest BCUT2D eigenvalue weighted by atomic mass is 32.2. The molecular formula is C14H25N3O3S. The Morgan fingerprint density at radius 1 is 1.43 bits per heavy atom. The molecule has 2 heterocycles. The van der Waals surface area contributed by atoms with E-state index in [0.29, 0.717) is 18.0 Å².